The van der Waals surface area contributed by atoms with Gasteiger partial charge in [-0.25, -0.2) is 0 Å². The molecule has 2 aromatic rings. The van der Waals surface area contributed by atoms with Gasteiger partial charge in [0, 0.05) is 44.3 Å². The van der Waals surface area contributed by atoms with Crippen LogP contribution in [0.5, 0.6) is 0 Å². The number of pyridine rings is 1. The maximum atomic E-state index is 5.85. The van der Waals surface area contributed by atoms with Crippen LogP contribution in [0.3, 0.4) is 0 Å². The summed E-state index contributed by atoms with van der Waals surface area (Å²) in [5.74, 6) is 0.781. The highest BCUT2D eigenvalue weighted by Gasteiger charge is 2.24. The van der Waals surface area contributed by atoms with Crippen molar-refractivity contribution in [2.24, 2.45) is 0 Å². The Labute approximate surface area is 130 Å². The Morgan fingerprint density at radius 2 is 2.27 bits per heavy atom. The number of rotatable bonds is 5. The monoisotopic (exact) mass is 299 g/mol. The largest absolute Gasteiger partial charge is 0.374 e. The fourth-order valence-corrected chi connectivity index (χ4v) is 2.67. The predicted molar refractivity (Wildman–Crippen MR) is 84.5 cm³/mol. The van der Waals surface area contributed by atoms with Crippen molar-refractivity contribution in [2.75, 3.05) is 31.6 Å². The predicted octanol–water partition coefficient (Wildman–Crippen LogP) is 1.75. The summed E-state index contributed by atoms with van der Waals surface area (Å²) in [6.07, 6.45) is 5.56. The second-order valence-electron chi connectivity index (χ2n) is 5.44. The van der Waals surface area contributed by atoms with Gasteiger partial charge in [-0.15, -0.1) is 5.10 Å². The van der Waals surface area contributed by atoms with Crippen LogP contribution in [-0.4, -0.2) is 52.4 Å². The number of hydrogen-bond acceptors (Lipinski definition) is 6. The van der Waals surface area contributed by atoms with Crippen molar-refractivity contribution in [3.05, 3.63) is 48.4 Å². The van der Waals surface area contributed by atoms with Crippen LogP contribution in [0.25, 0.3) is 0 Å². The van der Waals surface area contributed by atoms with E-state index >= 15 is 0 Å². The fraction of sp³-hybridized carbons (Fsp3) is 0.438. The number of aromatic nitrogens is 3. The van der Waals surface area contributed by atoms with E-state index in [4.69, 9.17) is 4.74 Å². The minimum Gasteiger partial charge on any atom is -0.374 e. The third-order valence-electron chi connectivity index (χ3n) is 3.97. The van der Waals surface area contributed by atoms with E-state index in [1.165, 1.54) is 5.56 Å². The normalized spacial score (nSPS) is 20.5. The summed E-state index contributed by atoms with van der Waals surface area (Å²) in [4.78, 5) is 6.64. The molecule has 1 N–H and O–H groups in total. The van der Waals surface area contributed by atoms with Gasteiger partial charge < -0.3 is 10.1 Å². The molecule has 2 atom stereocenters. The molecule has 22 heavy (non-hydrogen) atoms. The summed E-state index contributed by atoms with van der Waals surface area (Å²) >= 11 is 0. The molecule has 0 spiro atoms. The lowest BCUT2D eigenvalue weighted by molar-refractivity contribution is -0.0346. The van der Waals surface area contributed by atoms with Crippen LogP contribution in [0.2, 0.25) is 0 Å². The molecule has 0 radical (unpaired) electrons. The van der Waals surface area contributed by atoms with Crippen LogP contribution in [-0.2, 0) is 4.74 Å². The first kappa shape index (κ1) is 14.9. The van der Waals surface area contributed by atoms with Crippen molar-refractivity contribution in [1.29, 1.82) is 0 Å². The molecular weight excluding hydrogens is 278 g/mol. The highest BCUT2D eigenvalue weighted by Crippen LogP contribution is 2.21. The van der Waals surface area contributed by atoms with Gasteiger partial charge in [0.1, 0.15) is 5.82 Å². The molecule has 1 aliphatic rings. The zero-order valence-electron chi connectivity index (χ0n) is 12.7. The molecule has 0 unspecified atom stereocenters. The van der Waals surface area contributed by atoms with Crippen molar-refractivity contribution in [2.45, 2.75) is 19.1 Å². The summed E-state index contributed by atoms with van der Waals surface area (Å²) in [7, 11) is 0. The molecule has 0 bridgehead atoms. The zero-order valence-corrected chi connectivity index (χ0v) is 12.7. The maximum absolute atomic E-state index is 5.85. The summed E-state index contributed by atoms with van der Waals surface area (Å²) < 4.78 is 5.85. The summed E-state index contributed by atoms with van der Waals surface area (Å²) in [6.45, 7) is 5.53. The first-order valence-corrected chi connectivity index (χ1v) is 7.60. The third-order valence-corrected chi connectivity index (χ3v) is 3.97. The van der Waals surface area contributed by atoms with E-state index in [0.717, 1.165) is 32.1 Å². The molecule has 0 aromatic carbocycles. The lowest BCUT2D eigenvalue weighted by atomic mass is 10.1. The molecule has 0 amide bonds. The van der Waals surface area contributed by atoms with E-state index in [1.807, 2.05) is 30.6 Å². The fourth-order valence-electron chi connectivity index (χ4n) is 2.67. The van der Waals surface area contributed by atoms with Crippen molar-refractivity contribution >= 4 is 5.82 Å². The van der Waals surface area contributed by atoms with Crippen molar-refractivity contribution in [1.82, 2.24) is 20.1 Å². The highest BCUT2D eigenvalue weighted by atomic mass is 16.5. The van der Waals surface area contributed by atoms with E-state index in [-0.39, 0.29) is 6.10 Å². The van der Waals surface area contributed by atoms with Gasteiger partial charge in [-0.3, -0.25) is 9.88 Å². The standard InChI is InChI=1S/C16H21N5O/c1-13(14-4-2-6-17-10-14)21-8-9-22-15(12-21)11-18-16-5-3-7-19-20-16/h2-7,10,13,15H,8-9,11-12H2,1H3,(H,18,20)/t13-,15+/m1/s1. The summed E-state index contributed by atoms with van der Waals surface area (Å²) in [5, 5.41) is 11.2. The Hall–Kier alpha value is -2.05. The number of morpholine rings is 1. The second-order valence-corrected chi connectivity index (χ2v) is 5.44. The van der Waals surface area contributed by atoms with Gasteiger partial charge in [0.25, 0.3) is 0 Å². The lowest BCUT2D eigenvalue weighted by Crippen LogP contribution is -2.46. The van der Waals surface area contributed by atoms with Gasteiger partial charge in [0.2, 0.25) is 0 Å². The average molecular weight is 299 g/mol. The molecule has 2 aromatic heterocycles. The zero-order chi connectivity index (χ0) is 15.2. The minimum absolute atomic E-state index is 0.148. The number of nitrogens with one attached hydrogen (secondary N) is 1. The maximum Gasteiger partial charge on any atom is 0.148 e. The Morgan fingerprint density at radius 3 is 3.05 bits per heavy atom. The van der Waals surface area contributed by atoms with Crippen molar-refractivity contribution in [3.63, 3.8) is 0 Å². The lowest BCUT2D eigenvalue weighted by Gasteiger charge is -2.37. The molecule has 1 aliphatic heterocycles. The number of hydrogen-bond donors (Lipinski definition) is 1. The smallest absolute Gasteiger partial charge is 0.148 e. The Bertz CT molecular complexity index is 565. The van der Waals surface area contributed by atoms with Crippen LogP contribution in [0.1, 0.15) is 18.5 Å². The second kappa shape index (κ2) is 7.29. The molecular formula is C16H21N5O. The first-order valence-electron chi connectivity index (χ1n) is 7.60. The summed E-state index contributed by atoms with van der Waals surface area (Å²) in [6, 6.07) is 8.23. The van der Waals surface area contributed by atoms with Crippen LogP contribution in [0.4, 0.5) is 5.82 Å². The van der Waals surface area contributed by atoms with Crippen molar-refractivity contribution < 1.29 is 4.74 Å². The van der Waals surface area contributed by atoms with Gasteiger partial charge in [0.15, 0.2) is 0 Å². The molecule has 0 aliphatic carbocycles. The van der Waals surface area contributed by atoms with Gasteiger partial charge in [-0.2, -0.15) is 5.10 Å². The van der Waals surface area contributed by atoms with E-state index in [0.29, 0.717) is 6.04 Å². The van der Waals surface area contributed by atoms with Crippen LogP contribution in [0.15, 0.2) is 42.9 Å². The van der Waals surface area contributed by atoms with Gasteiger partial charge in [-0.1, -0.05) is 6.07 Å². The molecule has 1 saturated heterocycles. The Morgan fingerprint density at radius 1 is 1.36 bits per heavy atom. The van der Waals surface area contributed by atoms with Gasteiger partial charge in [0.05, 0.1) is 12.7 Å². The molecule has 3 heterocycles. The quantitative estimate of drug-likeness (QED) is 0.907. The SMILES string of the molecule is C[C@H](c1cccnc1)N1CCO[C@@H](CNc2cccnn2)C1. The van der Waals surface area contributed by atoms with E-state index in [1.54, 1.807) is 6.20 Å². The molecule has 1 fully saturated rings. The topological polar surface area (TPSA) is 63.2 Å². The third kappa shape index (κ3) is 3.78. The molecule has 6 nitrogen and oxygen atoms in total. The van der Waals surface area contributed by atoms with E-state index < -0.39 is 0 Å². The molecule has 3 rings (SSSR count). The van der Waals surface area contributed by atoms with Crippen LogP contribution >= 0.6 is 0 Å². The van der Waals surface area contributed by atoms with E-state index in [9.17, 15) is 0 Å². The molecule has 116 valence electrons. The van der Waals surface area contributed by atoms with Gasteiger partial charge in [-0.05, 0) is 30.7 Å². The highest BCUT2D eigenvalue weighted by molar-refractivity contribution is 5.31. The van der Waals surface area contributed by atoms with Crippen LogP contribution in [0, 0.1) is 0 Å². The number of ether oxygens (including phenoxy) is 1. The summed E-state index contributed by atoms with van der Waals surface area (Å²) in [5.41, 5.74) is 1.24. The molecule has 6 heteroatoms. The molecule has 0 saturated carbocycles. The van der Waals surface area contributed by atoms with Crippen LogP contribution < -0.4 is 5.32 Å². The number of nitrogens with zero attached hydrogens (tertiary/aromatic N) is 4. The average Bonchev–Trinajstić information content (AvgIpc) is 2.61. The van der Waals surface area contributed by atoms with Gasteiger partial charge >= 0.3 is 0 Å². The van der Waals surface area contributed by atoms with Crippen molar-refractivity contribution in [3.8, 4) is 0 Å². The minimum atomic E-state index is 0.148. The Kier molecular flexibility index (Phi) is 4.92. The first-order chi connectivity index (χ1) is 10.8. The Balaban J connectivity index is 1.55. The van der Waals surface area contributed by atoms with E-state index in [2.05, 4.69) is 38.4 Å². The number of anilines is 1.